The monoisotopic (exact) mass is 419 g/mol. The largest absolute Gasteiger partial charge is 0.456 e. The molecule has 1 fully saturated rings. The van der Waals surface area contributed by atoms with Crippen molar-refractivity contribution in [3.8, 4) is 0 Å². The molecule has 1 aliphatic heterocycles. The summed E-state index contributed by atoms with van der Waals surface area (Å²) in [5.74, 6) is 0.854. The van der Waals surface area contributed by atoms with E-state index in [0.717, 1.165) is 41.9 Å². The highest BCUT2D eigenvalue weighted by Gasteiger charge is 2.23. The van der Waals surface area contributed by atoms with Crippen LogP contribution in [0.2, 0.25) is 0 Å². The first-order valence-corrected chi connectivity index (χ1v) is 9.44. The first-order valence-electron chi connectivity index (χ1n) is 8.65. The molecule has 26 heavy (non-hydrogen) atoms. The van der Waals surface area contributed by atoms with Crippen LogP contribution in [-0.4, -0.2) is 42.4 Å². The highest BCUT2D eigenvalue weighted by molar-refractivity contribution is 9.10. The molecular formula is C19H22BrN3O3. The molecule has 2 aromatic rings. The summed E-state index contributed by atoms with van der Waals surface area (Å²) >= 11 is 3.43. The summed E-state index contributed by atoms with van der Waals surface area (Å²) in [6, 6.07) is 11.1. The smallest absolute Gasteiger partial charge is 0.287 e. The van der Waals surface area contributed by atoms with Crippen LogP contribution in [0.25, 0.3) is 0 Å². The van der Waals surface area contributed by atoms with E-state index in [4.69, 9.17) is 4.42 Å². The Hall–Kier alpha value is -2.12. The maximum absolute atomic E-state index is 12.2. The normalized spacial score (nSPS) is 15.6. The maximum Gasteiger partial charge on any atom is 0.287 e. The van der Waals surface area contributed by atoms with Gasteiger partial charge in [-0.05, 0) is 60.0 Å². The first kappa shape index (κ1) is 18.7. The number of carbonyl (C=O) groups excluding carboxylic acids is 2. The van der Waals surface area contributed by atoms with Crippen LogP contribution < -0.4 is 10.6 Å². The van der Waals surface area contributed by atoms with Crippen LogP contribution in [0.3, 0.4) is 0 Å². The van der Waals surface area contributed by atoms with E-state index in [0.29, 0.717) is 12.3 Å². The van der Waals surface area contributed by atoms with E-state index in [1.54, 1.807) is 12.1 Å². The topological polar surface area (TPSA) is 74.6 Å². The maximum atomic E-state index is 12.2. The minimum Gasteiger partial charge on any atom is -0.456 e. The molecule has 1 aromatic carbocycles. The number of benzene rings is 1. The van der Waals surface area contributed by atoms with E-state index in [9.17, 15) is 9.59 Å². The third kappa shape index (κ3) is 4.95. The summed E-state index contributed by atoms with van der Waals surface area (Å²) in [6.07, 6.45) is 1.63. The summed E-state index contributed by atoms with van der Waals surface area (Å²) in [4.78, 5) is 26.5. The van der Waals surface area contributed by atoms with Crippen molar-refractivity contribution in [3.05, 3.63) is 52.4 Å². The highest BCUT2D eigenvalue weighted by atomic mass is 79.9. The van der Waals surface area contributed by atoms with Crippen LogP contribution in [0.4, 0.5) is 5.69 Å². The number of hydrogen-bond acceptors (Lipinski definition) is 4. The Labute approximate surface area is 161 Å². The number of carbonyl (C=O) groups is 2. The molecular weight excluding hydrogens is 398 g/mol. The fourth-order valence-corrected chi connectivity index (χ4v) is 3.39. The molecule has 1 saturated heterocycles. The number of hydrogen-bond donors (Lipinski definition) is 2. The van der Waals surface area contributed by atoms with E-state index in [-0.39, 0.29) is 17.9 Å². The number of piperidine rings is 1. The Kier molecular flexibility index (Phi) is 6.11. The predicted octanol–water partition coefficient (Wildman–Crippen LogP) is 3.18. The number of nitrogens with one attached hydrogen (secondary N) is 2. The average molecular weight is 420 g/mol. The van der Waals surface area contributed by atoms with E-state index in [1.165, 1.54) is 0 Å². The quantitative estimate of drug-likeness (QED) is 0.780. The van der Waals surface area contributed by atoms with Crippen molar-refractivity contribution in [1.82, 2.24) is 10.2 Å². The second-order valence-electron chi connectivity index (χ2n) is 6.46. The first-order chi connectivity index (χ1) is 12.5. The van der Waals surface area contributed by atoms with Gasteiger partial charge < -0.3 is 15.1 Å². The lowest BCUT2D eigenvalue weighted by molar-refractivity contribution is -0.117. The van der Waals surface area contributed by atoms with Crippen molar-refractivity contribution in [2.75, 3.05) is 25.0 Å². The summed E-state index contributed by atoms with van der Waals surface area (Å²) in [6.45, 7) is 3.70. The van der Waals surface area contributed by atoms with Gasteiger partial charge in [-0.1, -0.05) is 12.1 Å². The van der Waals surface area contributed by atoms with Crippen LogP contribution in [0, 0.1) is 6.92 Å². The molecule has 0 spiro atoms. The average Bonchev–Trinajstić information content (AvgIpc) is 3.05. The van der Waals surface area contributed by atoms with Crippen LogP contribution >= 0.6 is 15.9 Å². The Balaban J connectivity index is 1.43. The third-order valence-corrected chi connectivity index (χ3v) is 5.09. The lowest BCUT2D eigenvalue weighted by Crippen LogP contribution is -2.46. The third-order valence-electron chi connectivity index (χ3n) is 4.40. The molecule has 0 radical (unpaired) electrons. The molecule has 0 aliphatic carbocycles. The molecule has 2 amide bonds. The van der Waals surface area contributed by atoms with Gasteiger partial charge in [-0.25, -0.2) is 0 Å². The van der Waals surface area contributed by atoms with Gasteiger partial charge in [-0.15, -0.1) is 0 Å². The van der Waals surface area contributed by atoms with E-state index in [1.807, 2.05) is 31.2 Å². The molecule has 0 saturated carbocycles. The van der Waals surface area contributed by atoms with Gasteiger partial charge in [0.1, 0.15) is 5.76 Å². The number of aryl methyl sites for hydroxylation is 1. The molecule has 2 N–H and O–H groups in total. The second kappa shape index (κ2) is 8.51. The Morgan fingerprint density at radius 1 is 1.19 bits per heavy atom. The Bertz CT molecular complexity index is 782. The number of likely N-dealkylation sites (tertiary alicyclic amines) is 1. The van der Waals surface area contributed by atoms with Crippen LogP contribution in [-0.2, 0) is 4.79 Å². The Morgan fingerprint density at radius 3 is 2.58 bits per heavy atom. The summed E-state index contributed by atoms with van der Waals surface area (Å²) in [5, 5.41) is 5.92. The lowest BCUT2D eigenvalue weighted by Gasteiger charge is -2.31. The number of anilines is 1. The van der Waals surface area contributed by atoms with Crippen molar-refractivity contribution < 1.29 is 14.0 Å². The zero-order valence-corrected chi connectivity index (χ0v) is 16.2. The van der Waals surface area contributed by atoms with Gasteiger partial charge in [-0.3, -0.25) is 14.5 Å². The molecule has 3 rings (SSSR count). The SMILES string of the molecule is Cc1ccc(C(=O)NC2CCN(CC(=O)Nc3ccccc3Br)CC2)o1. The second-order valence-corrected chi connectivity index (χ2v) is 7.32. The molecule has 2 heterocycles. The molecule has 1 aliphatic rings. The fourth-order valence-electron chi connectivity index (χ4n) is 3.00. The summed E-state index contributed by atoms with van der Waals surface area (Å²) in [5.41, 5.74) is 0.772. The van der Waals surface area contributed by atoms with E-state index in [2.05, 4.69) is 31.5 Å². The summed E-state index contributed by atoms with van der Waals surface area (Å²) < 4.78 is 6.21. The minimum atomic E-state index is -0.178. The molecule has 6 nitrogen and oxygen atoms in total. The van der Waals surface area contributed by atoms with Gasteiger partial charge in [-0.2, -0.15) is 0 Å². The molecule has 0 bridgehead atoms. The molecule has 1 aromatic heterocycles. The lowest BCUT2D eigenvalue weighted by atomic mass is 10.0. The van der Waals surface area contributed by atoms with Gasteiger partial charge in [0, 0.05) is 23.6 Å². The summed E-state index contributed by atoms with van der Waals surface area (Å²) in [7, 11) is 0. The van der Waals surface area contributed by atoms with Crippen LogP contribution in [0.5, 0.6) is 0 Å². The highest BCUT2D eigenvalue weighted by Crippen LogP contribution is 2.21. The number of furan rings is 1. The van der Waals surface area contributed by atoms with E-state index >= 15 is 0 Å². The van der Waals surface area contributed by atoms with Gasteiger partial charge >= 0.3 is 0 Å². The van der Waals surface area contributed by atoms with E-state index < -0.39 is 0 Å². The van der Waals surface area contributed by atoms with Crippen LogP contribution in [0.1, 0.15) is 29.2 Å². The minimum absolute atomic E-state index is 0.0366. The molecule has 7 heteroatoms. The molecule has 138 valence electrons. The van der Waals surface area contributed by atoms with Gasteiger partial charge in [0.2, 0.25) is 5.91 Å². The van der Waals surface area contributed by atoms with Crippen molar-refractivity contribution in [3.63, 3.8) is 0 Å². The van der Waals surface area contributed by atoms with Crippen LogP contribution in [0.15, 0.2) is 45.3 Å². The number of para-hydroxylation sites is 1. The fraction of sp³-hybridized carbons (Fsp3) is 0.368. The predicted molar refractivity (Wildman–Crippen MR) is 103 cm³/mol. The number of halogens is 1. The standard InChI is InChI=1S/C19H22BrN3O3/c1-13-6-7-17(26-13)19(25)21-14-8-10-23(11-9-14)12-18(24)22-16-5-3-2-4-15(16)20/h2-7,14H,8-12H2,1H3,(H,21,25)(H,22,24). The zero-order valence-electron chi connectivity index (χ0n) is 14.6. The van der Waals surface area contributed by atoms with Crippen molar-refractivity contribution in [2.24, 2.45) is 0 Å². The molecule has 0 unspecified atom stereocenters. The Morgan fingerprint density at radius 2 is 1.92 bits per heavy atom. The van der Waals surface area contributed by atoms with Gasteiger partial charge in [0.15, 0.2) is 5.76 Å². The molecule has 0 atom stereocenters. The zero-order chi connectivity index (χ0) is 18.5. The van der Waals surface area contributed by atoms with Crippen molar-refractivity contribution in [1.29, 1.82) is 0 Å². The number of rotatable bonds is 5. The van der Waals surface area contributed by atoms with Gasteiger partial charge in [0.05, 0.1) is 12.2 Å². The number of nitrogens with zero attached hydrogens (tertiary/aromatic N) is 1. The van der Waals surface area contributed by atoms with Crippen molar-refractivity contribution >= 4 is 33.4 Å². The van der Waals surface area contributed by atoms with Crippen molar-refractivity contribution in [2.45, 2.75) is 25.8 Å². The van der Waals surface area contributed by atoms with Gasteiger partial charge in [0.25, 0.3) is 5.91 Å². The number of amides is 2.